The Morgan fingerprint density at radius 2 is 1.68 bits per heavy atom. The standard InChI is InChI=1S/C21H28N4O2S/c1-16-5-7-19(8-6-16)23-20-13-17(2)22-21(14-20)18-9-12-25(15-18)28(26,27)24-10-3-4-11-24/h5-8,13-14,18H,3-4,9-12,15H2,1-2H3,(H,22,23)/t18-/m0/s1. The van der Waals surface area contributed by atoms with Gasteiger partial charge in [0.25, 0.3) is 10.2 Å². The van der Waals surface area contributed by atoms with Gasteiger partial charge >= 0.3 is 0 Å². The van der Waals surface area contributed by atoms with Gasteiger partial charge in [0.2, 0.25) is 0 Å². The highest BCUT2D eigenvalue weighted by atomic mass is 32.2. The van der Waals surface area contributed by atoms with E-state index in [-0.39, 0.29) is 5.92 Å². The second kappa shape index (κ2) is 7.81. The van der Waals surface area contributed by atoms with Crippen LogP contribution in [0.5, 0.6) is 0 Å². The van der Waals surface area contributed by atoms with Gasteiger partial charge < -0.3 is 5.32 Å². The second-order valence-electron chi connectivity index (χ2n) is 7.87. The maximum Gasteiger partial charge on any atom is 0.281 e. The van der Waals surface area contributed by atoms with Crippen LogP contribution in [0.3, 0.4) is 0 Å². The highest BCUT2D eigenvalue weighted by molar-refractivity contribution is 7.86. The van der Waals surface area contributed by atoms with E-state index in [1.165, 1.54) is 5.56 Å². The van der Waals surface area contributed by atoms with Crippen molar-refractivity contribution >= 4 is 21.6 Å². The van der Waals surface area contributed by atoms with Crippen molar-refractivity contribution in [1.82, 2.24) is 13.6 Å². The van der Waals surface area contributed by atoms with E-state index in [1.807, 2.05) is 13.0 Å². The Balaban J connectivity index is 1.50. The van der Waals surface area contributed by atoms with E-state index in [4.69, 9.17) is 4.98 Å². The molecule has 0 spiro atoms. The molecule has 0 bridgehead atoms. The summed E-state index contributed by atoms with van der Waals surface area (Å²) >= 11 is 0. The largest absolute Gasteiger partial charge is 0.355 e. The van der Waals surface area contributed by atoms with Crippen LogP contribution in [0.15, 0.2) is 36.4 Å². The zero-order chi connectivity index (χ0) is 19.7. The minimum absolute atomic E-state index is 0.135. The van der Waals surface area contributed by atoms with Crippen molar-refractivity contribution in [2.45, 2.75) is 39.0 Å². The second-order valence-corrected chi connectivity index (χ2v) is 9.80. The lowest BCUT2D eigenvalue weighted by Crippen LogP contribution is -2.41. The van der Waals surface area contributed by atoms with Crippen molar-refractivity contribution in [3.63, 3.8) is 0 Å². The summed E-state index contributed by atoms with van der Waals surface area (Å²) in [6.45, 7) is 6.44. The molecule has 7 heteroatoms. The smallest absolute Gasteiger partial charge is 0.281 e. The number of benzene rings is 1. The van der Waals surface area contributed by atoms with Gasteiger partial charge in [0, 0.05) is 54.9 Å². The Kier molecular flexibility index (Phi) is 5.40. The first kappa shape index (κ1) is 19.4. The molecule has 0 saturated carbocycles. The number of hydrogen-bond donors (Lipinski definition) is 1. The monoisotopic (exact) mass is 400 g/mol. The number of aromatic nitrogens is 1. The Bertz CT molecular complexity index is 937. The van der Waals surface area contributed by atoms with Crippen molar-refractivity contribution in [2.75, 3.05) is 31.5 Å². The Morgan fingerprint density at radius 3 is 2.39 bits per heavy atom. The number of anilines is 2. The molecular formula is C21H28N4O2S. The van der Waals surface area contributed by atoms with Crippen LogP contribution in [0, 0.1) is 13.8 Å². The summed E-state index contributed by atoms with van der Waals surface area (Å²) < 4.78 is 28.9. The topological polar surface area (TPSA) is 65.5 Å². The summed E-state index contributed by atoms with van der Waals surface area (Å²) in [7, 11) is -3.33. The maximum atomic E-state index is 12.8. The minimum Gasteiger partial charge on any atom is -0.355 e. The third-order valence-electron chi connectivity index (χ3n) is 5.60. The zero-order valence-corrected chi connectivity index (χ0v) is 17.4. The van der Waals surface area contributed by atoms with Gasteiger partial charge in [0.05, 0.1) is 0 Å². The summed E-state index contributed by atoms with van der Waals surface area (Å²) in [6, 6.07) is 12.4. The quantitative estimate of drug-likeness (QED) is 0.833. The average Bonchev–Trinajstić information content (AvgIpc) is 3.36. The van der Waals surface area contributed by atoms with Gasteiger partial charge in [-0.25, -0.2) is 0 Å². The molecule has 2 aromatic rings. The van der Waals surface area contributed by atoms with Crippen LogP contribution in [-0.2, 0) is 10.2 Å². The van der Waals surface area contributed by atoms with Crippen molar-refractivity contribution < 1.29 is 8.42 Å². The molecule has 4 rings (SSSR count). The van der Waals surface area contributed by atoms with Crippen LogP contribution in [0.2, 0.25) is 0 Å². The fourth-order valence-electron chi connectivity index (χ4n) is 4.04. The van der Waals surface area contributed by atoms with Gasteiger partial charge in [-0.05, 0) is 57.4 Å². The molecule has 2 fully saturated rings. The molecule has 1 aromatic heterocycles. The van der Waals surface area contributed by atoms with E-state index in [0.29, 0.717) is 26.2 Å². The van der Waals surface area contributed by atoms with Gasteiger partial charge in [-0.2, -0.15) is 17.0 Å². The molecule has 2 aliphatic rings. The molecule has 1 atom stereocenters. The Hall–Kier alpha value is -1.96. The number of nitrogens with one attached hydrogen (secondary N) is 1. The lowest BCUT2D eigenvalue weighted by atomic mass is 10.0. The lowest BCUT2D eigenvalue weighted by molar-refractivity contribution is 0.395. The fourth-order valence-corrected chi connectivity index (χ4v) is 5.79. The maximum absolute atomic E-state index is 12.8. The SMILES string of the molecule is Cc1ccc(Nc2cc(C)nc([C@H]3CCN(S(=O)(=O)N4CCCC4)C3)c2)cc1. The van der Waals surface area contributed by atoms with E-state index >= 15 is 0 Å². The van der Waals surface area contributed by atoms with E-state index in [0.717, 1.165) is 42.0 Å². The summed E-state index contributed by atoms with van der Waals surface area (Å²) in [5.74, 6) is 0.135. The molecule has 0 amide bonds. The van der Waals surface area contributed by atoms with Crippen LogP contribution in [0.25, 0.3) is 0 Å². The van der Waals surface area contributed by atoms with E-state index < -0.39 is 10.2 Å². The lowest BCUT2D eigenvalue weighted by Gasteiger charge is -2.23. The van der Waals surface area contributed by atoms with Crippen LogP contribution in [0.4, 0.5) is 11.4 Å². The molecule has 3 heterocycles. The third-order valence-corrected chi connectivity index (χ3v) is 7.60. The Labute approximate surface area is 167 Å². The van der Waals surface area contributed by atoms with Gasteiger partial charge in [-0.1, -0.05) is 17.7 Å². The summed E-state index contributed by atoms with van der Waals surface area (Å²) in [5, 5.41) is 3.44. The highest BCUT2D eigenvalue weighted by Gasteiger charge is 2.37. The normalized spacial score (nSPS) is 21.3. The number of rotatable bonds is 5. The molecule has 28 heavy (non-hydrogen) atoms. The van der Waals surface area contributed by atoms with Gasteiger partial charge in [-0.3, -0.25) is 4.98 Å². The molecule has 1 N–H and O–H groups in total. The minimum atomic E-state index is -3.33. The van der Waals surface area contributed by atoms with Crippen molar-refractivity contribution in [2.24, 2.45) is 0 Å². The van der Waals surface area contributed by atoms with Crippen molar-refractivity contribution in [1.29, 1.82) is 0 Å². The van der Waals surface area contributed by atoms with Gasteiger partial charge in [0.15, 0.2) is 0 Å². The summed E-state index contributed by atoms with van der Waals surface area (Å²) in [5.41, 5.74) is 5.16. The van der Waals surface area contributed by atoms with Gasteiger partial charge in [-0.15, -0.1) is 0 Å². The molecule has 2 saturated heterocycles. The van der Waals surface area contributed by atoms with Crippen molar-refractivity contribution in [3.05, 3.63) is 53.3 Å². The molecule has 2 aliphatic heterocycles. The van der Waals surface area contributed by atoms with E-state index in [1.54, 1.807) is 8.61 Å². The summed E-state index contributed by atoms with van der Waals surface area (Å²) in [6.07, 6.45) is 2.74. The molecule has 0 aliphatic carbocycles. The first-order valence-corrected chi connectivity index (χ1v) is 11.4. The predicted molar refractivity (Wildman–Crippen MR) is 112 cm³/mol. The first-order chi connectivity index (χ1) is 13.4. The van der Waals surface area contributed by atoms with Gasteiger partial charge in [0.1, 0.15) is 0 Å². The van der Waals surface area contributed by atoms with Crippen LogP contribution in [-0.4, -0.2) is 48.2 Å². The molecular weight excluding hydrogens is 372 g/mol. The van der Waals surface area contributed by atoms with E-state index in [2.05, 4.69) is 42.6 Å². The molecule has 6 nitrogen and oxygen atoms in total. The van der Waals surface area contributed by atoms with E-state index in [9.17, 15) is 8.42 Å². The Morgan fingerprint density at radius 1 is 0.964 bits per heavy atom. The molecule has 150 valence electrons. The van der Waals surface area contributed by atoms with Crippen LogP contribution >= 0.6 is 0 Å². The highest BCUT2D eigenvalue weighted by Crippen LogP contribution is 2.31. The number of pyridine rings is 1. The van der Waals surface area contributed by atoms with Crippen LogP contribution in [0.1, 0.15) is 42.1 Å². The average molecular weight is 401 g/mol. The molecule has 0 radical (unpaired) electrons. The summed E-state index contributed by atoms with van der Waals surface area (Å²) in [4.78, 5) is 4.71. The molecule has 0 unspecified atom stereocenters. The third kappa shape index (κ3) is 4.06. The zero-order valence-electron chi connectivity index (χ0n) is 16.6. The predicted octanol–water partition coefficient (Wildman–Crippen LogP) is 3.57. The van der Waals surface area contributed by atoms with Crippen molar-refractivity contribution in [3.8, 4) is 0 Å². The van der Waals surface area contributed by atoms with Crippen LogP contribution < -0.4 is 5.32 Å². The molecule has 1 aromatic carbocycles. The number of nitrogens with zero attached hydrogens (tertiary/aromatic N) is 3. The number of aryl methyl sites for hydroxylation is 2. The first-order valence-electron chi connectivity index (χ1n) is 9.99. The number of hydrogen-bond acceptors (Lipinski definition) is 4. The fraction of sp³-hybridized carbons (Fsp3) is 0.476.